The van der Waals surface area contributed by atoms with Crippen LogP contribution in [0.15, 0.2) is 52.2 Å². The first-order valence-electron chi connectivity index (χ1n) is 10.7. The number of aromatic nitrogens is 2. The second-order valence-corrected chi connectivity index (χ2v) is 11.1. The van der Waals surface area contributed by atoms with Gasteiger partial charge in [0.25, 0.3) is 11.5 Å². The summed E-state index contributed by atoms with van der Waals surface area (Å²) in [4.78, 5) is 34.8. The summed E-state index contributed by atoms with van der Waals surface area (Å²) < 4.78 is 28.2. The topological polar surface area (TPSA) is 112 Å². The summed E-state index contributed by atoms with van der Waals surface area (Å²) in [5.74, 6) is 0.0164. The molecule has 0 aliphatic carbocycles. The highest BCUT2D eigenvalue weighted by molar-refractivity contribution is 7.89. The van der Waals surface area contributed by atoms with Gasteiger partial charge >= 0.3 is 0 Å². The Labute approximate surface area is 194 Å². The fourth-order valence-electron chi connectivity index (χ4n) is 3.48. The van der Waals surface area contributed by atoms with E-state index < -0.39 is 15.6 Å². The Hall–Kier alpha value is -3.04. The Bertz CT molecular complexity index is 1350. The van der Waals surface area contributed by atoms with Crippen molar-refractivity contribution in [2.75, 3.05) is 0 Å². The van der Waals surface area contributed by atoms with Gasteiger partial charge in [-0.15, -0.1) is 0 Å². The fourth-order valence-corrected chi connectivity index (χ4v) is 4.92. The minimum atomic E-state index is -3.81. The Morgan fingerprint density at radius 1 is 1.15 bits per heavy atom. The van der Waals surface area contributed by atoms with Crippen molar-refractivity contribution in [3.63, 3.8) is 0 Å². The molecule has 1 aromatic heterocycles. The number of nitrogens with zero attached hydrogens (tertiary/aromatic N) is 2. The van der Waals surface area contributed by atoms with Gasteiger partial charge in [-0.2, -0.15) is 0 Å². The van der Waals surface area contributed by atoms with Crippen molar-refractivity contribution < 1.29 is 13.2 Å². The number of H-pyrrole nitrogens is 1. The van der Waals surface area contributed by atoms with Crippen molar-refractivity contribution in [3.05, 3.63) is 69.8 Å². The maximum atomic E-state index is 13.5. The number of para-hydroxylation sites is 1. The molecule has 0 aliphatic heterocycles. The normalized spacial score (nSPS) is 12.3. The lowest BCUT2D eigenvalue weighted by Gasteiger charge is -2.27. The van der Waals surface area contributed by atoms with E-state index in [9.17, 15) is 18.0 Å². The van der Waals surface area contributed by atoms with Gasteiger partial charge < -0.3 is 9.88 Å². The molecule has 3 rings (SSSR count). The number of hydrogen-bond donors (Lipinski definition) is 2. The van der Waals surface area contributed by atoms with Crippen LogP contribution < -0.4 is 10.3 Å². The molecule has 3 aromatic rings. The Kier molecular flexibility index (Phi) is 6.76. The Morgan fingerprint density at radius 2 is 1.82 bits per heavy atom. The van der Waals surface area contributed by atoms with Crippen LogP contribution in [0.3, 0.4) is 0 Å². The van der Waals surface area contributed by atoms with Gasteiger partial charge in [-0.05, 0) is 71.4 Å². The molecule has 9 heteroatoms. The number of aryl methyl sites for hydroxylation is 1. The summed E-state index contributed by atoms with van der Waals surface area (Å²) in [6.45, 7) is 10.8. The predicted molar refractivity (Wildman–Crippen MR) is 129 cm³/mol. The number of aromatic amines is 1. The van der Waals surface area contributed by atoms with Gasteiger partial charge in [0.05, 0.1) is 22.3 Å². The van der Waals surface area contributed by atoms with E-state index in [1.165, 1.54) is 12.1 Å². The lowest BCUT2D eigenvalue weighted by atomic mass is 10.1. The van der Waals surface area contributed by atoms with Gasteiger partial charge in [-0.25, -0.2) is 18.1 Å². The summed E-state index contributed by atoms with van der Waals surface area (Å²) in [6, 6.07) is 11.3. The zero-order chi connectivity index (χ0) is 24.6. The molecule has 0 bridgehead atoms. The van der Waals surface area contributed by atoms with Gasteiger partial charge in [-0.3, -0.25) is 9.59 Å². The highest BCUT2D eigenvalue weighted by atomic mass is 32.2. The van der Waals surface area contributed by atoms with Gasteiger partial charge in [0.15, 0.2) is 0 Å². The maximum Gasteiger partial charge on any atom is 0.258 e. The molecular formula is C24H30N4O4S. The lowest BCUT2D eigenvalue weighted by Crippen LogP contribution is -2.41. The van der Waals surface area contributed by atoms with Crippen molar-refractivity contribution >= 4 is 26.8 Å². The van der Waals surface area contributed by atoms with E-state index in [0.29, 0.717) is 22.3 Å². The Balaban J connectivity index is 1.99. The van der Waals surface area contributed by atoms with Crippen LogP contribution in [0, 0.1) is 6.92 Å². The van der Waals surface area contributed by atoms with Gasteiger partial charge in [0, 0.05) is 17.1 Å². The summed E-state index contributed by atoms with van der Waals surface area (Å²) in [6.07, 6.45) is 0. The number of amides is 1. The number of nitrogens with one attached hydrogen (secondary N) is 2. The quantitative estimate of drug-likeness (QED) is 0.574. The summed E-state index contributed by atoms with van der Waals surface area (Å²) >= 11 is 0. The molecule has 0 aliphatic rings. The molecule has 176 valence electrons. The van der Waals surface area contributed by atoms with E-state index in [1.807, 2.05) is 13.8 Å². The second kappa shape index (κ2) is 9.07. The molecule has 2 N–H and O–H groups in total. The number of rotatable bonds is 6. The lowest BCUT2D eigenvalue weighted by molar-refractivity contribution is 0.0684. The van der Waals surface area contributed by atoms with Crippen molar-refractivity contribution in [2.24, 2.45) is 0 Å². The third-order valence-electron chi connectivity index (χ3n) is 5.06. The maximum absolute atomic E-state index is 13.5. The highest BCUT2D eigenvalue weighted by Crippen LogP contribution is 2.21. The van der Waals surface area contributed by atoms with Crippen LogP contribution in [0.2, 0.25) is 0 Å². The number of sulfonamides is 1. The average molecular weight is 471 g/mol. The molecule has 33 heavy (non-hydrogen) atoms. The first kappa shape index (κ1) is 24.6. The van der Waals surface area contributed by atoms with Crippen LogP contribution >= 0.6 is 0 Å². The standard InChI is InChI=1S/C24H30N4O4S/c1-15(2)28(14-21-25-20-10-8-7-9-18(20)22(29)26-21)23(30)19-13-17(12-11-16(19)3)33(31,32)27-24(4,5)6/h7-13,15,27H,14H2,1-6H3,(H,25,26,29). The number of hydrogen-bond acceptors (Lipinski definition) is 5. The molecule has 0 saturated heterocycles. The van der Waals surface area contributed by atoms with Crippen LogP contribution in [-0.4, -0.2) is 40.8 Å². The van der Waals surface area contributed by atoms with Crippen LogP contribution in [0.1, 0.15) is 56.4 Å². The number of carbonyl (C=O) groups is 1. The molecule has 2 aromatic carbocycles. The molecule has 0 saturated carbocycles. The zero-order valence-corrected chi connectivity index (χ0v) is 20.6. The van der Waals surface area contributed by atoms with Crippen molar-refractivity contribution in [1.29, 1.82) is 0 Å². The smallest absolute Gasteiger partial charge is 0.258 e. The van der Waals surface area contributed by atoms with Crippen molar-refractivity contribution in [1.82, 2.24) is 19.6 Å². The van der Waals surface area contributed by atoms with E-state index in [4.69, 9.17) is 0 Å². The molecule has 0 fully saturated rings. The van der Waals surface area contributed by atoms with Gasteiger partial charge in [0.2, 0.25) is 10.0 Å². The third kappa shape index (κ3) is 5.66. The fraction of sp³-hybridized carbons (Fsp3) is 0.375. The highest BCUT2D eigenvalue weighted by Gasteiger charge is 2.26. The average Bonchev–Trinajstić information content (AvgIpc) is 2.70. The van der Waals surface area contributed by atoms with E-state index in [1.54, 1.807) is 62.9 Å². The summed E-state index contributed by atoms with van der Waals surface area (Å²) in [5.41, 5.74) is 0.545. The predicted octanol–water partition coefficient (Wildman–Crippen LogP) is 3.36. The molecule has 0 unspecified atom stereocenters. The third-order valence-corrected chi connectivity index (χ3v) is 6.81. The first-order chi connectivity index (χ1) is 15.3. The van der Waals surface area contributed by atoms with E-state index in [2.05, 4.69) is 14.7 Å². The van der Waals surface area contributed by atoms with Crippen molar-refractivity contribution in [3.8, 4) is 0 Å². The molecular weight excluding hydrogens is 440 g/mol. The molecule has 0 spiro atoms. The van der Waals surface area contributed by atoms with Crippen LogP contribution in [0.25, 0.3) is 10.9 Å². The van der Waals surface area contributed by atoms with E-state index >= 15 is 0 Å². The van der Waals surface area contributed by atoms with Crippen molar-refractivity contribution in [2.45, 2.75) is 64.6 Å². The molecule has 1 amide bonds. The molecule has 8 nitrogen and oxygen atoms in total. The van der Waals surface area contributed by atoms with Crippen LogP contribution in [0.4, 0.5) is 0 Å². The summed E-state index contributed by atoms with van der Waals surface area (Å²) in [7, 11) is -3.81. The number of benzene rings is 2. The van der Waals surface area contributed by atoms with Gasteiger partial charge in [-0.1, -0.05) is 18.2 Å². The van der Waals surface area contributed by atoms with Gasteiger partial charge in [0.1, 0.15) is 5.82 Å². The molecule has 0 radical (unpaired) electrons. The SMILES string of the molecule is Cc1ccc(S(=O)(=O)NC(C)(C)C)cc1C(=O)N(Cc1nc2ccccc2c(=O)[nH]1)C(C)C. The Morgan fingerprint density at radius 3 is 2.45 bits per heavy atom. The number of fused-ring (bicyclic) bond motifs is 1. The van der Waals surface area contributed by atoms with E-state index in [0.717, 1.165) is 0 Å². The second-order valence-electron chi connectivity index (χ2n) is 9.39. The first-order valence-corrected chi connectivity index (χ1v) is 12.2. The monoisotopic (exact) mass is 470 g/mol. The number of carbonyl (C=O) groups excluding carboxylic acids is 1. The molecule has 0 atom stereocenters. The zero-order valence-electron chi connectivity index (χ0n) is 19.8. The van der Waals surface area contributed by atoms with Crippen LogP contribution in [0.5, 0.6) is 0 Å². The minimum absolute atomic E-state index is 0.0207. The molecule has 1 heterocycles. The minimum Gasteiger partial charge on any atom is -0.329 e. The van der Waals surface area contributed by atoms with Crippen LogP contribution in [-0.2, 0) is 16.6 Å². The summed E-state index contributed by atoms with van der Waals surface area (Å²) in [5, 5.41) is 0.476. The largest absolute Gasteiger partial charge is 0.329 e. The van der Waals surface area contributed by atoms with E-state index in [-0.39, 0.29) is 34.5 Å².